The van der Waals surface area contributed by atoms with E-state index in [9.17, 15) is 4.39 Å². The Kier molecular flexibility index (Phi) is 2.88. The molecule has 1 aliphatic rings. The molecule has 0 fully saturated rings. The van der Waals surface area contributed by atoms with Gasteiger partial charge in [0.05, 0.1) is 0 Å². The van der Waals surface area contributed by atoms with E-state index in [4.69, 9.17) is 0 Å². The van der Waals surface area contributed by atoms with Gasteiger partial charge in [0.2, 0.25) is 0 Å². The van der Waals surface area contributed by atoms with Gasteiger partial charge in [-0.3, -0.25) is 0 Å². The lowest BCUT2D eigenvalue weighted by atomic mass is 9.91. The Morgan fingerprint density at radius 3 is 2.72 bits per heavy atom. The fourth-order valence-corrected chi connectivity index (χ4v) is 2.63. The van der Waals surface area contributed by atoms with Crippen molar-refractivity contribution in [2.24, 2.45) is 0 Å². The van der Waals surface area contributed by atoms with E-state index in [1.165, 1.54) is 17.2 Å². The highest BCUT2D eigenvalue weighted by molar-refractivity contribution is 5.69. The molecule has 0 bridgehead atoms. The highest BCUT2D eigenvalue weighted by Gasteiger charge is 2.13. The molecule has 1 N–H and O–H groups in total. The Morgan fingerprint density at radius 1 is 1.06 bits per heavy atom. The topological polar surface area (TPSA) is 12.0 Å². The summed E-state index contributed by atoms with van der Waals surface area (Å²) >= 11 is 0. The van der Waals surface area contributed by atoms with Crippen molar-refractivity contribution in [3.05, 3.63) is 58.9 Å². The number of fused-ring (bicyclic) bond motifs is 1. The van der Waals surface area contributed by atoms with Crippen molar-refractivity contribution in [3.63, 3.8) is 0 Å². The van der Waals surface area contributed by atoms with E-state index in [0.29, 0.717) is 5.56 Å². The van der Waals surface area contributed by atoms with Crippen molar-refractivity contribution < 1.29 is 4.39 Å². The molecule has 0 aliphatic carbocycles. The number of hydrogen-bond donors (Lipinski definition) is 1. The zero-order chi connectivity index (χ0) is 12.5. The number of aryl methyl sites for hydroxylation is 1. The van der Waals surface area contributed by atoms with Gasteiger partial charge in [-0.25, -0.2) is 4.39 Å². The second kappa shape index (κ2) is 4.54. The van der Waals surface area contributed by atoms with Crippen LogP contribution in [0.4, 0.5) is 4.39 Å². The van der Waals surface area contributed by atoms with Crippen LogP contribution in [-0.2, 0) is 13.0 Å². The molecule has 0 saturated carbocycles. The number of nitrogens with one attached hydrogen (secondary N) is 1. The lowest BCUT2D eigenvalue weighted by Crippen LogP contribution is -2.23. The third-order valence-corrected chi connectivity index (χ3v) is 3.60. The van der Waals surface area contributed by atoms with Crippen molar-refractivity contribution in [1.82, 2.24) is 5.32 Å². The third-order valence-electron chi connectivity index (χ3n) is 3.60. The Morgan fingerprint density at radius 2 is 1.89 bits per heavy atom. The van der Waals surface area contributed by atoms with E-state index in [-0.39, 0.29) is 5.82 Å². The lowest BCUT2D eigenvalue weighted by molar-refractivity contribution is 0.630. The largest absolute Gasteiger partial charge is 0.312 e. The van der Waals surface area contributed by atoms with Crippen molar-refractivity contribution in [2.75, 3.05) is 6.54 Å². The first-order valence-corrected chi connectivity index (χ1v) is 6.34. The molecule has 3 rings (SSSR count). The second-order valence-corrected chi connectivity index (χ2v) is 4.84. The van der Waals surface area contributed by atoms with Crippen LogP contribution in [0, 0.1) is 12.7 Å². The molecule has 18 heavy (non-hydrogen) atoms. The van der Waals surface area contributed by atoms with Crippen LogP contribution in [0.15, 0.2) is 36.4 Å². The van der Waals surface area contributed by atoms with Gasteiger partial charge in [0.25, 0.3) is 0 Å². The first kappa shape index (κ1) is 11.4. The van der Waals surface area contributed by atoms with Gasteiger partial charge in [0.1, 0.15) is 5.82 Å². The summed E-state index contributed by atoms with van der Waals surface area (Å²) in [6.45, 7) is 3.98. The molecule has 2 heteroatoms. The average Bonchev–Trinajstić information content (AvgIpc) is 2.39. The number of hydrogen-bond acceptors (Lipinski definition) is 1. The molecule has 2 aromatic carbocycles. The van der Waals surface area contributed by atoms with Crippen LogP contribution < -0.4 is 5.32 Å². The van der Waals surface area contributed by atoms with Crippen molar-refractivity contribution >= 4 is 0 Å². The molecule has 92 valence electrons. The highest BCUT2D eigenvalue weighted by atomic mass is 19.1. The van der Waals surface area contributed by atoms with E-state index >= 15 is 0 Å². The molecule has 0 unspecified atom stereocenters. The minimum Gasteiger partial charge on any atom is -0.312 e. The van der Waals surface area contributed by atoms with Gasteiger partial charge >= 0.3 is 0 Å². The fourth-order valence-electron chi connectivity index (χ4n) is 2.63. The fraction of sp³-hybridized carbons (Fsp3) is 0.250. The number of halogens is 1. The second-order valence-electron chi connectivity index (χ2n) is 4.84. The van der Waals surface area contributed by atoms with Crippen LogP contribution >= 0.6 is 0 Å². The smallest absolute Gasteiger partial charge is 0.131 e. The minimum absolute atomic E-state index is 0.149. The molecule has 0 saturated heterocycles. The van der Waals surface area contributed by atoms with E-state index < -0.39 is 0 Å². The monoisotopic (exact) mass is 241 g/mol. The van der Waals surface area contributed by atoms with Gasteiger partial charge in [-0.1, -0.05) is 24.3 Å². The van der Waals surface area contributed by atoms with E-state index in [2.05, 4.69) is 24.4 Å². The quantitative estimate of drug-likeness (QED) is 0.806. The molecule has 1 heterocycles. The van der Waals surface area contributed by atoms with Crippen LogP contribution in [-0.4, -0.2) is 6.54 Å². The van der Waals surface area contributed by atoms with Crippen LogP contribution in [0.2, 0.25) is 0 Å². The van der Waals surface area contributed by atoms with Crippen molar-refractivity contribution in [1.29, 1.82) is 0 Å². The number of benzene rings is 2. The van der Waals surface area contributed by atoms with Gasteiger partial charge < -0.3 is 5.32 Å². The zero-order valence-corrected chi connectivity index (χ0v) is 10.5. The SMILES string of the molecule is Cc1cc2c(cc1-c1ccccc1F)CNCC2. The van der Waals surface area contributed by atoms with Crippen LogP contribution in [0.5, 0.6) is 0 Å². The maximum Gasteiger partial charge on any atom is 0.131 e. The summed E-state index contributed by atoms with van der Waals surface area (Å²) in [5, 5.41) is 3.36. The Bertz CT molecular complexity index is 590. The molecule has 1 aliphatic heterocycles. The summed E-state index contributed by atoms with van der Waals surface area (Å²) in [5.74, 6) is -0.149. The molecular formula is C16H16FN. The van der Waals surface area contributed by atoms with Gasteiger partial charge in [-0.2, -0.15) is 0 Å². The summed E-state index contributed by atoms with van der Waals surface area (Å²) in [6, 6.07) is 11.3. The first-order valence-electron chi connectivity index (χ1n) is 6.34. The Hall–Kier alpha value is -1.67. The molecule has 0 amide bonds. The molecule has 0 aromatic heterocycles. The summed E-state index contributed by atoms with van der Waals surface area (Å²) in [4.78, 5) is 0. The molecule has 0 radical (unpaired) electrons. The van der Waals surface area contributed by atoms with Crippen LogP contribution in [0.1, 0.15) is 16.7 Å². The summed E-state index contributed by atoms with van der Waals surface area (Å²) in [5.41, 5.74) is 5.55. The van der Waals surface area contributed by atoms with Crippen molar-refractivity contribution in [3.8, 4) is 11.1 Å². The van der Waals surface area contributed by atoms with Gasteiger partial charge in [0.15, 0.2) is 0 Å². The summed E-state index contributed by atoms with van der Waals surface area (Å²) in [7, 11) is 0. The highest BCUT2D eigenvalue weighted by Crippen LogP contribution is 2.29. The first-order chi connectivity index (χ1) is 8.75. The molecule has 1 nitrogen and oxygen atoms in total. The lowest BCUT2D eigenvalue weighted by Gasteiger charge is -2.20. The standard InChI is InChI=1S/C16H16FN/c1-11-8-12-6-7-18-10-13(12)9-15(11)14-4-2-3-5-16(14)17/h2-5,8-9,18H,6-7,10H2,1H3. The Labute approximate surface area is 107 Å². The predicted molar refractivity (Wildman–Crippen MR) is 72.0 cm³/mol. The normalized spacial score (nSPS) is 14.3. The number of rotatable bonds is 1. The van der Waals surface area contributed by atoms with Gasteiger partial charge in [0, 0.05) is 12.1 Å². The molecule has 0 spiro atoms. The average molecular weight is 241 g/mol. The van der Waals surface area contributed by atoms with Gasteiger partial charge in [-0.05, 0) is 54.3 Å². The van der Waals surface area contributed by atoms with Gasteiger partial charge in [-0.15, -0.1) is 0 Å². The minimum atomic E-state index is -0.149. The molecule has 2 aromatic rings. The maximum absolute atomic E-state index is 13.9. The maximum atomic E-state index is 13.9. The third kappa shape index (κ3) is 1.93. The summed E-state index contributed by atoms with van der Waals surface area (Å²) in [6.07, 6.45) is 1.06. The van der Waals surface area contributed by atoms with E-state index in [1.54, 1.807) is 6.07 Å². The summed E-state index contributed by atoms with van der Waals surface area (Å²) < 4.78 is 13.9. The van der Waals surface area contributed by atoms with E-state index in [1.807, 2.05) is 12.1 Å². The molecular weight excluding hydrogens is 225 g/mol. The molecule has 0 atom stereocenters. The van der Waals surface area contributed by atoms with Crippen LogP contribution in [0.3, 0.4) is 0 Å². The predicted octanol–water partition coefficient (Wildman–Crippen LogP) is 3.45. The van der Waals surface area contributed by atoms with Crippen LogP contribution in [0.25, 0.3) is 11.1 Å². The Balaban J connectivity index is 2.15. The van der Waals surface area contributed by atoms with Crippen molar-refractivity contribution in [2.45, 2.75) is 19.9 Å². The van der Waals surface area contributed by atoms with E-state index in [0.717, 1.165) is 30.6 Å². The zero-order valence-electron chi connectivity index (χ0n) is 10.5.